The van der Waals surface area contributed by atoms with Crippen LogP contribution < -0.4 is 5.73 Å². The van der Waals surface area contributed by atoms with Gasteiger partial charge >= 0.3 is 0 Å². The number of nitrogens with one attached hydrogen (secondary N) is 1. The highest BCUT2D eigenvalue weighted by Crippen LogP contribution is 2.13. The zero-order valence-electron chi connectivity index (χ0n) is 6.33. The van der Waals surface area contributed by atoms with Crippen molar-refractivity contribution in [2.45, 2.75) is 12.3 Å². The Balaban J connectivity index is 2.56. The van der Waals surface area contributed by atoms with Gasteiger partial charge in [-0.05, 0) is 6.42 Å². The van der Waals surface area contributed by atoms with E-state index in [0.717, 1.165) is 5.69 Å². The number of nitrogens with two attached hydrogens (primary N) is 1. The number of aromatic amines is 1. The van der Waals surface area contributed by atoms with Crippen molar-refractivity contribution in [3.8, 4) is 0 Å². The van der Waals surface area contributed by atoms with E-state index in [1.165, 1.54) is 0 Å². The molecule has 11 heavy (non-hydrogen) atoms. The molecule has 0 aliphatic rings. The van der Waals surface area contributed by atoms with Crippen LogP contribution in [-0.2, 0) is 0 Å². The molecule has 0 bridgehead atoms. The highest BCUT2D eigenvalue weighted by molar-refractivity contribution is 5.03. The number of imidazole rings is 1. The van der Waals surface area contributed by atoms with E-state index in [2.05, 4.69) is 9.97 Å². The molecule has 1 aromatic heterocycles. The average molecular weight is 155 g/mol. The lowest BCUT2D eigenvalue weighted by molar-refractivity contribution is 0.275. The largest absolute Gasteiger partial charge is 0.396 e. The van der Waals surface area contributed by atoms with Crippen LogP contribution in [0, 0.1) is 0 Å². The molecular weight excluding hydrogens is 142 g/mol. The second kappa shape index (κ2) is 4.10. The highest BCUT2D eigenvalue weighted by atomic mass is 16.3. The normalized spacial score (nSPS) is 13.3. The molecule has 0 aromatic carbocycles. The number of H-pyrrole nitrogens is 1. The summed E-state index contributed by atoms with van der Waals surface area (Å²) in [5.41, 5.74) is 6.42. The van der Waals surface area contributed by atoms with Gasteiger partial charge in [0.05, 0.1) is 12.0 Å². The first-order chi connectivity index (χ1) is 5.38. The Labute approximate surface area is 65.5 Å². The van der Waals surface area contributed by atoms with E-state index < -0.39 is 0 Å². The van der Waals surface area contributed by atoms with Crippen molar-refractivity contribution in [3.63, 3.8) is 0 Å². The molecule has 0 radical (unpaired) electrons. The Bertz CT molecular complexity index is 186. The molecule has 1 aromatic rings. The van der Waals surface area contributed by atoms with Crippen molar-refractivity contribution in [2.24, 2.45) is 5.73 Å². The van der Waals surface area contributed by atoms with E-state index in [9.17, 15) is 0 Å². The van der Waals surface area contributed by atoms with Gasteiger partial charge in [0.2, 0.25) is 0 Å². The SMILES string of the molecule is NCC(CCO)c1c[nH]cn1. The molecule has 0 amide bonds. The third-order valence-corrected chi connectivity index (χ3v) is 1.70. The number of aliphatic hydroxyl groups is 1. The summed E-state index contributed by atoms with van der Waals surface area (Å²) in [6.45, 7) is 0.695. The molecule has 1 rings (SSSR count). The van der Waals surface area contributed by atoms with Crippen LogP contribution >= 0.6 is 0 Å². The Morgan fingerprint density at radius 1 is 1.73 bits per heavy atom. The summed E-state index contributed by atoms with van der Waals surface area (Å²) < 4.78 is 0. The lowest BCUT2D eigenvalue weighted by Gasteiger charge is -2.08. The van der Waals surface area contributed by atoms with Gasteiger partial charge in [0.15, 0.2) is 0 Å². The quantitative estimate of drug-likeness (QED) is 0.565. The van der Waals surface area contributed by atoms with Crippen LogP contribution in [0.5, 0.6) is 0 Å². The van der Waals surface area contributed by atoms with Crippen LogP contribution in [0.25, 0.3) is 0 Å². The van der Waals surface area contributed by atoms with Gasteiger partial charge in [0, 0.05) is 25.3 Å². The summed E-state index contributed by atoms with van der Waals surface area (Å²) in [4.78, 5) is 6.91. The number of nitrogens with zero attached hydrogens (tertiary/aromatic N) is 1. The highest BCUT2D eigenvalue weighted by Gasteiger charge is 2.09. The van der Waals surface area contributed by atoms with Gasteiger partial charge in [-0.3, -0.25) is 0 Å². The number of rotatable bonds is 4. The zero-order valence-corrected chi connectivity index (χ0v) is 6.33. The summed E-state index contributed by atoms with van der Waals surface area (Å²) >= 11 is 0. The maximum absolute atomic E-state index is 8.67. The summed E-state index contributed by atoms with van der Waals surface area (Å²) in [7, 11) is 0. The van der Waals surface area contributed by atoms with E-state index in [-0.39, 0.29) is 12.5 Å². The van der Waals surface area contributed by atoms with Crippen molar-refractivity contribution in [1.29, 1.82) is 0 Å². The third kappa shape index (κ3) is 2.03. The second-order valence-corrected chi connectivity index (χ2v) is 2.44. The van der Waals surface area contributed by atoms with E-state index in [4.69, 9.17) is 10.8 Å². The fourth-order valence-corrected chi connectivity index (χ4v) is 1.04. The first-order valence-electron chi connectivity index (χ1n) is 3.68. The predicted molar refractivity (Wildman–Crippen MR) is 42.1 cm³/mol. The molecule has 62 valence electrons. The summed E-state index contributed by atoms with van der Waals surface area (Å²) in [6, 6.07) is 0. The van der Waals surface area contributed by atoms with E-state index in [0.29, 0.717) is 13.0 Å². The maximum atomic E-state index is 8.67. The molecule has 4 heteroatoms. The number of aromatic nitrogens is 2. The molecule has 0 fully saturated rings. The van der Waals surface area contributed by atoms with Crippen molar-refractivity contribution in [1.82, 2.24) is 9.97 Å². The van der Waals surface area contributed by atoms with E-state index in [1.54, 1.807) is 6.33 Å². The number of hydrogen-bond acceptors (Lipinski definition) is 3. The van der Waals surface area contributed by atoms with Crippen LogP contribution in [0.1, 0.15) is 18.0 Å². The maximum Gasteiger partial charge on any atom is 0.0923 e. The monoisotopic (exact) mass is 155 g/mol. The Hall–Kier alpha value is -0.870. The summed E-state index contributed by atoms with van der Waals surface area (Å²) in [5.74, 6) is 0.186. The van der Waals surface area contributed by atoms with E-state index >= 15 is 0 Å². The lowest BCUT2D eigenvalue weighted by Crippen LogP contribution is -2.14. The Morgan fingerprint density at radius 2 is 2.55 bits per heavy atom. The van der Waals surface area contributed by atoms with Crippen molar-refractivity contribution in [3.05, 3.63) is 18.2 Å². The minimum Gasteiger partial charge on any atom is -0.396 e. The van der Waals surface area contributed by atoms with Gasteiger partial charge in [-0.25, -0.2) is 4.98 Å². The molecule has 1 atom stereocenters. The molecule has 4 N–H and O–H groups in total. The van der Waals surface area contributed by atoms with Crippen molar-refractivity contribution in [2.75, 3.05) is 13.2 Å². The zero-order chi connectivity index (χ0) is 8.10. The molecular formula is C7H13N3O. The Kier molecular flexibility index (Phi) is 3.07. The molecule has 0 saturated carbocycles. The van der Waals surface area contributed by atoms with Crippen LogP contribution in [0.2, 0.25) is 0 Å². The lowest BCUT2D eigenvalue weighted by atomic mass is 10.0. The van der Waals surface area contributed by atoms with Crippen LogP contribution in [0.15, 0.2) is 12.5 Å². The summed E-state index contributed by atoms with van der Waals surface area (Å²) in [6.07, 6.45) is 4.11. The standard InChI is InChI=1S/C7H13N3O/c8-3-6(1-2-11)7-4-9-5-10-7/h4-6,11H,1-3,8H2,(H,9,10). The van der Waals surface area contributed by atoms with Crippen molar-refractivity contribution >= 4 is 0 Å². The van der Waals surface area contributed by atoms with Crippen molar-refractivity contribution < 1.29 is 5.11 Å². The van der Waals surface area contributed by atoms with Gasteiger partial charge < -0.3 is 15.8 Å². The Morgan fingerprint density at radius 3 is 3.00 bits per heavy atom. The summed E-state index contributed by atoms with van der Waals surface area (Å²) in [5, 5.41) is 8.67. The average Bonchev–Trinajstić information content (AvgIpc) is 2.52. The van der Waals surface area contributed by atoms with E-state index in [1.807, 2.05) is 6.20 Å². The van der Waals surface area contributed by atoms with Crippen LogP contribution in [0.4, 0.5) is 0 Å². The minimum absolute atomic E-state index is 0.161. The van der Waals surface area contributed by atoms with Gasteiger partial charge in [-0.15, -0.1) is 0 Å². The number of aliphatic hydroxyl groups excluding tert-OH is 1. The minimum atomic E-state index is 0.161. The first-order valence-corrected chi connectivity index (χ1v) is 3.68. The third-order valence-electron chi connectivity index (χ3n) is 1.70. The predicted octanol–water partition coefficient (Wildman–Crippen LogP) is -0.166. The van der Waals surface area contributed by atoms with Crippen LogP contribution in [0.3, 0.4) is 0 Å². The fraction of sp³-hybridized carbons (Fsp3) is 0.571. The van der Waals surface area contributed by atoms with Crippen LogP contribution in [-0.4, -0.2) is 28.2 Å². The molecule has 4 nitrogen and oxygen atoms in total. The molecule has 0 spiro atoms. The first kappa shape index (κ1) is 8.23. The molecule has 1 unspecified atom stereocenters. The fourth-order valence-electron chi connectivity index (χ4n) is 1.04. The van der Waals surface area contributed by atoms with Gasteiger partial charge in [-0.2, -0.15) is 0 Å². The second-order valence-electron chi connectivity index (χ2n) is 2.44. The van der Waals surface area contributed by atoms with Gasteiger partial charge in [-0.1, -0.05) is 0 Å². The molecule has 0 aliphatic heterocycles. The smallest absolute Gasteiger partial charge is 0.0923 e. The van der Waals surface area contributed by atoms with Gasteiger partial charge in [0.25, 0.3) is 0 Å². The number of hydrogen-bond donors (Lipinski definition) is 3. The molecule has 0 saturated heterocycles. The van der Waals surface area contributed by atoms with Gasteiger partial charge in [0.1, 0.15) is 0 Å². The molecule has 0 aliphatic carbocycles. The molecule has 1 heterocycles. The topological polar surface area (TPSA) is 74.9 Å².